The number of nitrogens with zero attached hydrogens (tertiary/aromatic N) is 1. The molecule has 19 heavy (non-hydrogen) atoms. The van der Waals surface area contributed by atoms with E-state index in [2.05, 4.69) is 24.1 Å². The van der Waals surface area contributed by atoms with E-state index in [9.17, 15) is 0 Å². The molecule has 1 heterocycles. The van der Waals surface area contributed by atoms with Gasteiger partial charge in [-0.25, -0.2) is 0 Å². The van der Waals surface area contributed by atoms with Crippen LogP contribution in [0.5, 0.6) is 0 Å². The van der Waals surface area contributed by atoms with Crippen LogP contribution in [0.4, 0.5) is 0 Å². The van der Waals surface area contributed by atoms with Gasteiger partial charge in [0.25, 0.3) is 0 Å². The van der Waals surface area contributed by atoms with Crippen molar-refractivity contribution in [3.63, 3.8) is 0 Å². The largest absolute Gasteiger partial charge is 0.310 e. The molecule has 0 aromatic heterocycles. The second-order valence-corrected chi connectivity index (χ2v) is 7.62. The van der Waals surface area contributed by atoms with E-state index in [-0.39, 0.29) is 0 Å². The summed E-state index contributed by atoms with van der Waals surface area (Å²) in [5.74, 6) is 1.75. The summed E-state index contributed by atoms with van der Waals surface area (Å²) >= 11 is 0. The normalized spacial score (nSPS) is 34.9. The van der Waals surface area contributed by atoms with Crippen LogP contribution in [0.1, 0.15) is 65.2 Å². The highest BCUT2D eigenvalue weighted by Gasteiger charge is 2.35. The Labute approximate surface area is 119 Å². The Morgan fingerprint density at radius 3 is 2.26 bits per heavy atom. The van der Waals surface area contributed by atoms with Crippen molar-refractivity contribution < 1.29 is 0 Å². The van der Waals surface area contributed by atoms with Crippen molar-refractivity contribution in [1.29, 1.82) is 0 Å². The predicted molar refractivity (Wildman–Crippen MR) is 81.3 cm³/mol. The minimum absolute atomic E-state index is 0.774. The molecule has 0 radical (unpaired) electrons. The minimum Gasteiger partial charge on any atom is -0.310 e. The lowest BCUT2D eigenvalue weighted by Gasteiger charge is -2.44. The molecule has 3 fully saturated rings. The molecule has 2 atom stereocenters. The smallest absolute Gasteiger partial charge is 0.0200 e. The SMILES string of the molecule is CC(C)C1CC(NC2CC2)CN(C2CCCCC2)C1. The van der Waals surface area contributed by atoms with Crippen LogP contribution in [0.3, 0.4) is 0 Å². The van der Waals surface area contributed by atoms with Gasteiger partial charge in [0, 0.05) is 31.2 Å². The van der Waals surface area contributed by atoms with Gasteiger partial charge in [-0.15, -0.1) is 0 Å². The lowest BCUT2D eigenvalue weighted by atomic mass is 9.83. The van der Waals surface area contributed by atoms with Gasteiger partial charge in [-0.1, -0.05) is 33.1 Å². The summed E-state index contributed by atoms with van der Waals surface area (Å²) in [6.07, 6.45) is 11.6. The van der Waals surface area contributed by atoms with Gasteiger partial charge in [0.15, 0.2) is 0 Å². The van der Waals surface area contributed by atoms with Crippen molar-refractivity contribution in [2.24, 2.45) is 11.8 Å². The molecule has 2 nitrogen and oxygen atoms in total. The van der Waals surface area contributed by atoms with E-state index >= 15 is 0 Å². The number of hydrogen-bond donors (Lipinski definition) is 1. The fraction of sp³-hybridized carbons (Fsp3) is 1.00. The molecular formula is C17H32N2. The average molecular weight is 264 g/mol. The van der Waals surface area contributed by atoms with Gasteiger partial charge in [-0.3, -0.25) is 4.90 Å². The Morgan fingerprint density at radius 1 is 0.895 bits per heavy atom. The molecule has 1 N–H and O–H groups in total. The maximum atomic E-state index is 3.91. The number of hydrogen-bond acceptors (Lipinski definition) is 2. The number of piperidine rings is 1. The molecule has 2 saturated carbocycles. The van der Waals surface area contributed by atoms with Gasteiger partial charge in [0.2, 0.25) is 0 Å². The first-order valence-corrected chi connectivity index (χ1v) is 8.72. The molecular weight excluding hydrogens is 232 g/mol. The van der Waals surface area contributed by atoms with Crippen LogP contribution >= 0.6 is 0 Å². The van der Waals surface area contributed by atoms with Gasteiger partial charge < -0.3 is 5.32 Å². The zero-order valence-electron chi connectivity index (χ0n) is 12.9. The first-order chi connectivity index (χ1) is 9.22. The molecule has 2 heteroatoms. The summed E-state index contributed by atoms with van der Waals surface area (Å²) in [4.78, 5) is 2.85. The van der Waals surface area contributed by atoms with Gasteiger partial charge in [-0.05, 0) is 43.9 Å². The third-order valence-electron chi connectivity index (χ3n) is 5.59. The number of nitrogens with one attached hydrogen (secondary N) is 1. The summed E-state index contributed by atoms with van der Waals surface area (Å²) in [6.45, 7) is 7.53. The van der Waals surface area contributed by atoms with Crippen molar-refractivity contribution in [3.8, 4) is 0 Å². The average Bonchev–Trinajstić information content (AvgIpc) is 3.23. The third-order valence-corrected chi connectivity index (χ3v) is 5.59. The molecule has 0 aromatic rings. The molecule has 3 aliphatic rings. The second-order valence-electron chi connectivity index (χ2n) is 7.62. The zero-order valence-corrected chi connectivity index (χ0v) is 12.9. The number of likely N-dealkylation sites (tertiary alicyclic amines) is 1. The van der Waals surface area contributed by atoms with Gasteiger partial charge in [0.1, 0.15) is 0 Å². The minimum atomic E-state index is 0.774. The molecule has 110 valence electrons. The lowest BCUT2D eigenvalue weighted by molar-refractivity contribution is 0.0614. The van der Waals surface area contributed by atoms with Crippen LogP contribution in [0.15, 0.2) is 0 Å². The first kappa shape index (κ1) is 13.9. The standard InChI is InChI=1S/C17H32N2/c1-13(2)14-10-16(18-15-8-9-15)12-19(11-14)17-6-4-3-5-7-17/h13-18H,3-12H2,1-2H3. The second kappa shape index (κ2) is 6.13. The Balaban J connectivity index is 1.60. The molecule has 2 aliphatic carbocycles. The summed E-state index contributed by atoms with van der Waals surface area (Å²) in [5, 5.41) is 3.91. The molecule has 0 aromatic carbocycles. The summed E-state index contributed by atoms with van der Waals surface area (Å²) in [5.41, 5.74) is 0. The summed E-state index contributed by atoms with van der Waals surface area (Å²) in [6, 6.07) is 2.54. The maximum absolute atomic E-state index is 3.91. The van der Waals surface area contributed by atoms with Gasteiger partial charge >= 0.3 is 0 Å². The Kier molecular flexibility index (Phi) is 4.48. The highest BCUT2D eigenvalue weighted by atomic mass is 15.2. The van der Waals surface area contributed by atoms with E-state index in [1.807, 2.05) is 0 Å². The topological polar surface area (TPSA) is 15.3 Å². The monoisotopic (exact) mass is 264 g/mol. The first-order valence-electron chi connectivity index (χ1n) is 8.72. The molecule has 2 unspecified atom stereocenters. The molecule has 0 bridgehead atoms. The maximum Gasteiger partial charge on any atom is 0.0200 e. The number of rotatable bonds is 4. The Hall–Kier alpha value is -0.0800. The van der Waals surface area contributed by atoms with Gasteiger partial charge in [0.05, 0.1) is 0 Å². The highest BCUT2D eigenvalue weighted by Crippen LogP contribution is 2.31. The van der Waals surface area contributed by atoms with Crippen molar-refractivity contribution >= 4 is 0 Å². The van der Waals surface area contributed by atoms with Crippen LogP contribution in [0, 0.1) is 11.8 Å². The van der Waals surface area contributed by atoms with Crippen LogP contribution in [0.25, 0.3) is 0 Å². The highest BCUT2D eigenvalue weighted by molar-refractivity contribution is 4.93. The van der Waals surface area contributed by atoms with E-state index in [1.54, 1.807) is 0 Å². The molecule has 3 rings (SSSR count). The molecule has 0 spiro atoms. The quantitative estimate of drug-likeness (QED) is 0.837. The van der Waals surface area contributed by atoms with Crippen molar-refractivity contribution in [2.45, 2.75) is 83.3 Å². The predicted octanol–water partition coefficient (Wildman–Crippen LogP) is 3.42. The van der Waals surface area contributed by atoms with Crippen molar-refractivity contribution in [3.05, 3.63) is 0 Å². The summed E-state index contributed by atoms with van der Waals surface area (Å²) < 4.78 is 0. The zero-order chi connectivity index (χ0) is 13.2. The molecule has 1 saturated heterocycles. The van der Waals surface area contributed by atoms with Gasteiger partial charge in [-0.2, -0.15) is 0 Å². The molecule has 0 amide bonds. The van der Waals surface area contributed by atoms with E-state index in [1.165, 1.54) is 64.5 Å². The van der Waals surface area contributed by atoms with Crippen LogP contribution in [-0.2, 0) is 0 Å². The van der Waals surface area contributed by atoms with E-state index in [0.29, 0.717) is 0 Å². The fourth-order valence-electron chi connectivity index (χ4n) is 4.10. The van der Waals surface area contributed by atoms with Crippen LogP contribution < -0.4 is 5.32 Å². The van der Waals surface area contributed by atoms with Crippen LogP contribution in [0.2, 0.25) is 0 Å². The molecule has 1 aliphatic heterocycles. The van der Waals surface area contributed by atoms with E-state index in [4.69, 9.17) is 0 Å². The third kappa shape index (κ3) is 3.72. The fourth-order valence-corrected chi connectivity index (χ4v) is 4.10. The van der Waals surface area contributed by atoms with Crippen molar-refractivity contribution in [1.82, 2.24) is 10.2 Å². The van der Waals surface area contributed by atoms with Crippen molar-refractivity contribution in [2.75, 3.05) is 13.1 Å². The summed E-state index contributed by atoms with van der Waals surface area (Å²) in [7, 11) is 0. The van der Waals surface area contributed by atoms with E-state index < -0.39 is 0 Å². The van der Waals surface area contributed by atoms with E-state index in [0.717, 1.165) is 30.0 Å². The van der Waals surface area contributed by atoms with Crippen LogP contribution in [-0.4, -0.2) is 36.1 Å². The Bertz CT molecular complexity index is 279. The lowest BCUT2D eigenvalue weighted by Crippen LogP contribution is -2.54. The Morgan fingerprint density at radius 2 is 1.63 bits per heavy atom.